The van der Waals surface area contributed by atoms with E-state index >= 15 is 0 Å². The third kappa shape index (κ3) is 5.05. The second-order valence-electron chi connectivity index (χ2n) is 9.08. The van der Waals surface area contributed by atoms with E-state index in [4.69, 9.17) is 4.74 Å². The summed E-state index contributed by atoms with van der Waals surface area (Å²) in [7, 11) is 0. The van der Waals surface area contributed by atoms with Crippen LogP contribution in [0.3, 0.4) is 0 Å². The molecule has 2 fully saturated rings. The molecule has 0 bridgehead atoms. The predicted molar refractivity (Wildman–Crippen MR) is 116 cm³/mol. The summed E-state index contributed by atoms with van der Waals surface area (Å²) in [6, 6.07) is 9.72. The molecular weight excluding hydrogens is 492 g/mol. The molecule has 0 saturated carbocycles. The quantitative estimate of drug-likeness (QED) is 0.400. The molecule has 0 aromatic heterocycles. The topological polar surface area (TPSA) is 79.5 Å². The third-order valence-electron chi connectivity index (χ3n) is 6.71. The van der Waals surface area contributed by atoms with E-state index in [0.717, 1.165) is 5.56 Å². The molecule has 0 unspecified atom stereocenters. The number of carbonyl (C=O) groups excluding carboxylic acids is 2. The second kappa shape index (κ2) is 9.07. The first kappa shape index (κ1) is 26.0. The van der Waals surface area contributed by atoms with Crippen molar-refractivity contribution >= 4 is 11.9 Å². The highest BCUT2D eigenvalue weighted by Crippen LogP contribution is 2.40. The van der Waals surface area contributed by atoms with Crippen LogP contribution in [0.5, 0.6) is 0 Å². The fourth-order valence-electron chi connectivity index (χ4n) is 4.54. The van der Waals surface area contributed by atoms with Crippen molar-refractivity contribution in [3.05, 3.63) is 70.8 Å². The minimum Gasteiger partial charge on any atom is -0.372 e. The molecule has 1 spiro atoms. The van der Waals surface area contributed by atoms with Gasteiger partial charge in [-0.15, -0.1) is 0 Å². The lowest BCUT2D eigenvalue weighted by molar-refractivity contribution is -0.143. The van der Waals surface area contributed by atoms with Gasteiger partial charge in [-0.1, -0.05) is 30.3 Å². The molecule has 3 atom stereocenters. The Hall–Kier alpha value is -3.12. The highest BCUT2D eigenvalue weighted by Gasteiger charge is 2.52. The van der Waals surface area contributed by atoms with E-state index in [1.807, 2.05) is 0 Å². The molecular formula is C24H23F6N3O3. The fourth-order valence-corrected chi connectivity index (χ4v) is 4.54. The van der Waals surface area contributed by atoms with Crippen LogP contribution in [-0.2, 0) is 27.4 Å². The van der Waals surface area contributed by atoms with Crippen molar-refractivity contribution in [2.75, 3.05) is 13.2 Å². The number of carbonyl (C=O) groups is 2. The number of nitrogens with one attached hydrogen (secondary N) is 3. The normalized spacial score (nSPS) is 25.5. The molecule has 194 valence electrons. The molecule has 2 aliphatic rings. The largest absolute Gasteiger partial charge is 0.416 e. The van der Waals surface area contributed by atoms with Crippen LogP contribution in [0.25, 0.3) is 0 Å². The van der Waals surface area contributed by atoms with Crippen molar-refractivity contribution in [1.29, 1.82) is 0 Å². The van der Waals surface area contributed by atoms with E-state index < -0.39 is 52.6 Å². The molecule has 12 heteroatoms. The van der Waals surface area contributed by atoms with Crippen LogP contribution in [0.2, 0.25) is 0 Å². The van der Waals surface area contributed by atoms with Gasteiger partial charge in [-0.25, -0.2) is 4.79 Å². The van der Waals surface area contributed by atoms with Crippen molar-refractivity contribution in [3.63, 3.8) is 0 Å². The molecule has 4 rings (SSSR count). The van der Waals surface area contributed by atoms with Crippen molar-refractivity contribution in [2.45, 2.75) is 49.3 Å². The Bertz CT molecular complexity index is 1110. The third-order valence-corrected chi connectivity index (χ3v) is 6.71. The van der Waals surface area contributed by atoms with E-state index in [9.17, 15) is 35.9 Å². The van der Waals surface area contributed by atoms with E-state index in [2.05, 4.69) is 16.0 Å². The Morgan fingerprint density at radius 3 is 2.03 bits per heavy atom. The van der Waals surface area contributed by atoms with Gasteiger partial charge in [0.25, 0.3) is 5.91 Å². The summed E-state index contributed by atoms with van der Waals surface area (Å²) in [6.45, 7) is 1.32. The van der Waals surface area contributed by atoms with Crippen molar-refractivity contribution in [3.8, 4) is 0 Å². The number of hydrogen-bond acceptors (Lipinski definition) is 4. The Morgan fingerprint density at radius 1 is 0.944 bits per heavy atom. The highest BCUT2D eigenvalue weighted by molar-refractivity contribution is 6.07. The van der Waals surface area contributed by atoms with Gasteiger partial charge in [-0.2, -0.15) is 26.3 Å². The molecule has 3 N–H and O–H groups in total. The molecule has 2 heterocycles. The van der Waals surface area contributed by atoms with Crippen LogP contribution in [0, 0.1) is 0 Å². The Morgan fingerprint density at radius 2 is 1.56 bits per heavy atom. The average molecular weight is 515 g/mol. The number of imide groups is 1. The van der Waals surface area contributed by atoms with Crippen molar-refractivity contribution in [1.82, 2.24) is 16.0 Å². The van der Waals surface area contributed by atoms with Gasteiger partial charge in [-0.05, 0) is 49.1 Å². The van der Waals surface area contributed by atoms with Gasteiger partial charge in [0.2, 0.25) is 0 Å². The molecule has 6 nitrogen and oxygen atoms in total. The molecule has 2 aromatic carbocycles. The monoisotopic (exact) mass is 515 g/mol. The maximum absolute atomic E-state index is 13.3. The van der Waals surface area contributed by atoms with Gasteiger partial charge in [0.15, 0.2) is 0 Å². The van der Waals surface area contributed by atoms with Gasteiger partial charge >= 0.3 is 18.4 Å². The van der Waals surface area contributed by atoms with Gasteiger partial charge < -0.3 is 15.4 Å². The second-order valence-corrected chi connectivity index (χ2v) is 9.08. The number of ether oxygens (including phenoxy) is 1. The average Bonchev–Trinajstić information content (AvgIpc) is 3.10. The zero-order valence-electron chi connectivity index (χ0n) is 19.0. The van der Waals surface area contributed by atoms with E-state index in [-0.39, 0.29) is 31.2 Å². The number of benzene rings is 2. The van der Waals surface area contributed by atoms with Gasteiger partial charge in [-0.3, -0.25) is 10.1 Å². The van der Waals surface area contributed by atoms with E-state index in [1.165, 1.54) is 6.92 Å². The number of amides is 3. The predicted octanol–water partition coefficient (Wildman–Crippen LogP) is 4.66. The lowest BCUT2D eigenvalue weighted by Crippen LogP contribution is -2.64. The number of rotatable bonds is 5. The number of piperidine rings is 1. The Balaban J connectivity index is 1.59. The molecule has 0 aliphatic carbocycles. The summed E-state index contributed by atoms with van der Waals surface area (Å²) >= 11 is 0. The minimum absolute atomic E-state index is 0.0546. The van der Waals surface area contributed by atoms with Gasteiger partial charge in [0, 0.05) is 6.54 Å². The first-order chi connectivity index (χ1) is 16.7. The SMILES string of the molecule is C[C@@H](OC[C@@]1(c2ccccc2)CC[C@@]2(CN1)NC(=O)NC2=O)c1cc(C(F)(F)F)cc(C(F)(F)F)c1. The number of halogens is 6. The van der Waals surface area contributed by atoms with Gasteiger partial charge in [0.1, 0.15) is 5.54 Å². The van der Waals surface area contributed by atoms with Crippen LogP contribution < -0.4 is 16.0 Å². The number of urea groups is 1. The molecule has 0 radical (unpaired) electrons. The molecule has 36 heavy (non-hydrogen) atoms. The number of hydrogen-bond donors (Lipinski definition) is 3. The first-order valence-electron chi connectivity index (χ1n) is 11.1. The summed E-state index contributed by atoms with van der Waals surface area (Å²) in [5, 5.41) is 8.08. The molecule has 2 aromatic rings. The van der Waals surface area contributed by atoms with Crippen LogP contribution in [0.15, 0.2) is 48.5 Å². The first-order valence-corrected chi connectivity index (χ1v) is 11.1. The summed E-state index contributed by atoms with van der Waals surface area (Å²) in [5.41, 5.74) is -4.39. The fraction of sp³-hybridized carbons (Fsp3) is 0.417. The highest BCUT2D eigenvalue weighted by atomic mass is 19.4. The van der Waals surface area contributed by atoms with Crippen LogP contribution in [-0.4, -0.2) is 30.6 Å². The maximum Gasteiger partial charge on any atom is 0.416 e. The van der Waals surface area contributed by atoms with E-state index in [0.29, 0.717) is 18.6 Å². The summed E-state index contributed by atoms with van der Waals surface area (Å²) in [5.74, 6) is -0.473. The molecule has 2 aliphatic heterocycles. The smallest absolute Gasteiger partial charge is 0.372 e. The zero-order valence-corrected chi connectivity index (χ0v) is 19.0. The van der Waals surface area contributed by atoms with Crippen LogP contribution >= 0.6 is 0 Å². The number of alkyl halides is 6. The van der Waals surface area contributed by atoms with E-state index in [1.54, 1.807) is 30.3 Å². The standard InChI is InChI=1S/C24H23F6N3O3/c1-14(15-9-17(23(25,26)27)11-18(10-15)24(28,29)30)36-13-22(16-5-3-2-4-6-16)8-7-21(12-31-22)19(34)32-20(35)33-21/h2-6,9-11,14,31H,7-8,12-13H2,1H3,(H2,32,33,34,35)/t14-,21+,22-/m1/s1. The summed E-state index contributed by atoms with van der Waals surface area (Å²) < 4.78 is 85.6. The van der Waals surface area contributed by atoms with Crippen molar-refractivity contribution < 1.29 is 40.7 Å². The zero-order chi connectivity index (χ0) is 26.4. The van der Waals surface area contributed by atoms with Crippen LogP contribution in [0.1, 0.15) is 48.1 Å². The maximum atomic E-state index is 13.3. The van der Waals surface area contributed by atoms with Gasteiger partial charge in [0.05, 0.1) is 29.4 Å². The molecule has 3 amide bonds. The lowest BCUT2D eigenvalue weighted by atomic mass is 9.76. The Kier molecular flexibility index (Phi) is 6.54. The minimum atomic E-state index is -4.97. The molecule has 2 saturated heterocycles. The Labute approximate surface area is 202 Å². The van der Waals surface area contributed by atoms with Crippen molar-refractivity contribution in [2.24, 2.45) is 0 Å². The summed E-state index contributed by atoms with van der Waals surface area (Å²) in [4.78, 5) is 24.0. The summed E-state index contributed by atoms with van der Waals surface area (Å²) in [6.07, 6.45) is -10.5. The lowest BCUT2D eigenvalue weighted by Gasteiger charge is -2.45. The van der Waals surface area contributed by atoms with Crippen LogP contribution in [0.4, 0.5) is 31.1 Å².